The molecule has 0 N–H and O–H groups in total. The molecule has 1 aromatic rings. The Labute approximate surface area is 117 Å². The highest BCUT2D eigenvalue weighted by atomic mass is 16.1. The van der Waals surface area contributed by atoms with Crippen LogP contribution in [0.25, 0.3) is 0 Å². The fourth-order valence-electron chi connectivity index (χ4n) is 2.33. The first-order valence-electron chi connectivity index (χ1n) is 7.86. The van der Waals surface area contributed by atoms with Crippen LogP contribution in [-0.2, 0) is 6.54 Å². The monoisotopic (exact) mass is 264 g/mol. The van der Waals surface area contributed by atoms with Gasteiger partial charge < -0.3 is 0 Å². The van der Waals surface area contributed by atoms with Crippen molar-refractivity contribution in [2.45, 2.75) is 77.7 Å². The quantitative estimate of drug-likeness (QED) is 0.562. The molecule has 0 bridgehead atoms. The van der Waals surface area contributed by atoms with E-state index in [4.69, 9.17) is 0 Å². The number of aromatic nitrogens is 2. The Balaban J connectivity index is 1.92. The third-order valence-corrected chi connectivity index (χ3v) is 3.54. The predicted octanol–water partition coefficient (Wildman–Crippen LogP) is 4.16. The van der Waals surface area contributed by atoms with Crippen LogP contribution in [0.15, 0.2) is 23.3 Å². The van der Waals surface area contributed by atoms with Crippen LogP contribution in [0.4, 0.5) is 0 Å². The number of nitrogens with zero attached hydrogens (tertiary/aromatic N) is 2. The molecule has 1 rings (SSSR count). The van der Waals surface area contributed by atoms with Crippen LogP contribution in [0.3, 0.4) is 0 Å². The summed E-state index contributed by atoms with van der Waals surface area (Å²) in [6.07, 6.45) is 16.6. The minimum Gasteiger partial charge on any atom is -0.299 e. The molecule has 0 radical (unpaired) electrons. The van der Waals surface area contributed by atoms with E-state index in [9.17, 15) is 4.79 Å². The van der Waals surface area contributed by atoms with E-state index >= 15 is 0 Å². The second-order valence-electron chi connectivity index (χ2n) is 5.28. The molecule has 0 aliphatic rings. The molecule has 3 heteroatoms. The normalized spacial score (nSPS) is 10.8. The van der Waals surface area contributed by atoms with E-state index in [2.05, 4.69) is 11.9 Å². The van der Waals surface area contributed by atoms with Crippen LogP contribution in [0.1, 0.15) is 71.1 Å². The zero-order chi connectivity index (χ0) is 13.8. The Hall–Kier alpha value is -1.12. The topological polar surface area (TPSA) is 34.9 Å². The SMILES string of the molecule is CCCCCCCCCCCCn1cccnc1=O. The Kier molecular flexibility index (Phi) is 9.03. The van der Waals surface area contributed by atoms with E-state index < -0.39 is 0 Å². The molecule has 0 aliphatic heterocycles. The molecular weight excluding hydrogens is 236 g/mol. The fraction of sp³-hybridized carbons (Fsp3) is 0.750. The Morgan fingerprint density at radius 2 is 1.53 bits per heavy atom. The molecule has 0 aliphatic carbocycles. The molecule has 1 aromatic heterocycles. The van der Waals surface area contributed by atoms with Gasteiger partial charge in [0.1, 0.15) is 0 Å². The van der Waals surface area contributed by atoms with Gasteiger partial charge in [-0.3, -0.25) is 4.57 Å². The number of rotatable bonds is 11. The van der Waals surface area contributed by atoms with E-state index in [1.807, 2.05) is 12.3 Å². The molecule has 0 saturated heterocycles. The minimum atomic E-state index is -0.126. The maximum atomic E-state index is 11.4. The van der Waals surface area contributed by atoms with Gasteiger partial charge in [-0.05, 0) is 12.5 Å². The lowest BCUT2D eigenvalue weighted by Gasteiger charge is -2.04. The summed E-state index contributed by atoms with van der Waals surface area (Å²) in [7, 11) is 0. The van der Waals surface area contributed by atoms with Crippen LogP contribution < -0.4 is 5.69 Å². The van der Waals surface area contributed by atoms with Crippen LogP contribution >= 0.6 is 0 Å². The van der Waals surface area contributed by atoms with Gasteiger partial charge in [0, 0.05) is 18.9 Å². The third kappa shape index (κ3) is 7.81. The first-order chi connectivity index (χ1) is 9.34. The summed E-state index contributed by atoms with van der Waals surface area (Å²) in [5.41, 5.74) is -0.126. The molecular formula is C16H28N2O. The zero-order valence-electron chi connectivity index (χ0n) is 12.3. The first-order valence-corrected chi connectivity index (χ1v) is 7.86. The van der Waals surface area contributed by atoms with Crippen molar-refractivity contribution in [1.82, 2.24) is 9.55 Å². The standard InChI is InChI=1S/C16H28N2O/c1-2-3-4-5-6-7-8-9-10-11-14-18-15-12-13-17-16(18)19/h12-13,15H,2-11,14H2,1H3. The van der Waals surface area contributed by atoms with Crippen molar-refractivity contribution >= 4 is 0 Å². The Bertz CT molecular complexity index is 373. The number of hydrogen-bond donors (Lipinski definition) is 0. The predicted molar refractivity (Wildman–Crippen MR) is 80.3 cm³/mol. The average molecular weight is 264 g/mol. The van der Waals surface area contributed by atoms with Crippen molar-refractivity contribution in [2.75, 3.05) is 0 Å². The molecule has 108 valence electrons. The zero-order valence-corrected chi connectivity index (χ0v) is 12.3. The molecule has 0 saturated carbocycles. The second-order valence-corrected chi connectivity index (χ2v) is 5.28. The molecule has 0 unspecified atom stereocenters. The Morgan fingerprint density at radius 1 is 0.947 bits per heavy atom. The Morgan fingerprint density at radius 3 is 2.11 bits per heavy atom. The highest BCUT2D eigenvalue weighted by Crippen LogP contribution is 2.10. The summed E-state index contributed by atoms with van der Waals surface area (Å²) in [4.78, 5) is 15.1. The second kappa shape index (κ2) is 10.8. The van der Waals surface area contributed by atoms with Gasteiger partial charge in [0.25, 0.3) is 0 Å². The van der Waals surface area contributed by atoms with Crippen molar-refractivity contribution in [3.05, 3.63) is 28.9 Å². The number of hydrogen-bond acceptors (Lipinski definition) is 2. The number of unbranched alkanes of at least 4 members (excludes halogenated alkanes) is 9. The third-order valence-electron chi connectivity index (χ3n) is 3.54. The van der Waals surface area contributed by atoms with E-state index in [1.54, 1.807) is 10.8 Å². The van der Waals surface area contributed by atoms with Crippen LogP contribution in [0, 0.1) is 0 Å². The smallest absolute Gasteiger partial charge is 0.299 e. The summed E-state index contributed by atoms with van der Waals surface area (Å²) in [6.45, 7) is 3.07. The molecule has 3 nitrogen and oxygen atoms in total. The maximum Gasteiger partial charge on any atom is 0.347 e. The summed E-state index contributed by atoms with van der Waals surface area (Å²) in [5, 5.41) is 0. The van der Waals surface area contributed by atoms with Crippen molar-refractivity contribution in [2.24, 2.45) is 0 Å². The fourth-order valence-corrected chi connectivity index (χ4v) is 2.33. The van der Waals surface area contributed by atoms with Gasteiger partial charge in [0.05, 0.1) is 0 Å². The summed E-state index contributed by atoms with van der Waals surface area (Å²) in [6, 6.07) is 1.82. The highest BCUT2D eigenvalue weighted by Gasteiger charge is 1.95. The molecule has 0 amide bonds. The van der Waals surface area contributed by atoms with Gasteiger partial charge in [-0.1, -0.05) is 64.7 Å². The van der Waals surface area contributed by atoms with Gasteiger partial charge in [-0.25, -0.2) is 9.78 Å². The summed E-state index contributed by atoms with van der Waals surface area (Å²) >= 11 is 0. The molecule has 0 atom stereocenters. The van der Waals surface area contributed by atoms with Crippen molar-refractivity contribution < 1.29 is 0 Å². The molecule has 0 spiro atoms. The van der Waals surface area contributed by atoms with Gasteiger partial charge in [-0.2, -0.15) is 0 Å². The van der Waals surface area contributed by atoms with Gasteiger partial charge >= 0.3 is 5.69 Å². The summed E-state index contributed by atoms with van der Waals surface area (Å²) < 4.78 is 1.70. The van der Waals surface area contributed by atoms with E-state index in [0.29, 0.717) is 0 Å². The molecule has 1 heterocycles. The lowest BCUT2D eigenvalue weighted by Crippen LogP contribution is -2.21. The first kappa shape index (κ1) is 15.9. The van der Waals surface area contributed by atoms with Crippen molar-refractivity contribution in [3.63, 3.8) is 0 Å². The van der Waals surface area contributed by atoms with Gasteiger partial charge in [0.2, 0.25) is 0 Å². The van der Waals surface area contributed by atoms with Gasteiger partial charge in [0.15, 0.2) is 0 Å². The van der Waals surface area contributed by atoms with Crippen LogP contribution in [-0.4, -0.2) is 9.55 Å². The molecule has 19 heavy (non-hydrogen) atoms. The number of aryl methyl sites for hydroxylation is 1. The summed E-state index contributed by atoms with van der Waals surface area (Å²) in [5.74, 6) is 0. The lowest BCUT2D eigenvalue weighted by molar-refractivity contribution is 0.526. The molecule has 0 aromatic carbocycles. The average Bonchev–Trinajstić information content (AvgIpc) is 2.43. The minimum absolute atomic E-state index is 0.126. The van der Waals surface area contributed by atoms with Crippen molar-refractivity contribution in [3.8, 4) is 0 Å². The largest absolute Gasteiger partial charge is 0.347 e. The highest BCUT2D eigenvalue weighted by molar-refractivity contribution is 4.80. The van der Waals surface area contributed by atoms with Crippen molar-refractivity contribution in [1.29, 1.82) is 0 Å². The van der Waals surface area contributed by atoms with Gasteiger partial charge in [-0.15, -0.1) is 0 Å². The molecule has 0 fully saturated rings. The van der Waals surface area contributed by atoms with E-state index in [-0.39, 0.29) is 5.69 Å². The maximum absolute atomic E-state index is 11.4. The van der Waals surface area contributed by atoms with Crippen LogP contribution in [0.2, 0.25) is 0 Å². The van der Waals surface area contributed by atoms with E-state index in [1.165, 1.54) is 57.8 Å². The lowest BCUT2D eigenvalue weighted by atomic mass is 10.1. The van der Waals surface area contributed by atoms with E-state index in [0.717, 1.165) is 13.0 Å². The van der Waals surface area contributed by atoms with Crippen LogP contribution in [0.5, 0.6) is 0 Å².